The molecule has 0 fully saturated rings. The highest BCUT2D eigenvalue weighted by Crippen LogP contribution is 2.23. The average Bonchev–Trinajstić information content (AvgIpc) is 2.72. The van der Waals surface area contributed by atoms with E-state index in [4.69, 9.17) is 4.74 Å². The van der Waals surface area contributed by atoms with Crippen LogP contribution in [0, 0.1) is 0 Å². The number of hydrogen-bond acceptors (Lipinski definition) is 6. The van der Waals surface area contributed by atoms with Gasteiger partial charge in [0.05, 0.1) is 11.8 Å². The fourth-order valence-corrected chi connectivity index (χ4v) is 3.02. The SMILES string of the molecule is CC(C)(C)OC(=O)N1CC=C(c2cc(NC[C@H](O)c3ccccc3)ncn2)CC1. The van der Waals surface area contributed by atoms with Gasteiger partial charge in [0.25, 0.3) is 0 Å². The van der Waals surface area contributed by atoms with Gasteiger partial charge in [-0.3, -0.25) is 0 Å². The largest absolute Gasteiger partial charge is 0.444 e. The molecular weight excluding hydrogens is 368 g/mol. The zero-order valence-corrected chi connectivity index (χ0v) is 17.1. The normalized spacial score (nSPS) is 15.4. The van der Waals surface area contributed by atoms with Crippen molar-refractivity contribution in [3.63, 3.8) is 0 Å². The monoisotopic (exact) mass is 396 g/mol. The molecule has 0 unspecified atom stereocenters. The smallest absolute Gasteiger partial charge is 0.410 e. The van der Waals surface area contributed by atoms with Crippen LogP contribution in [0.4, 0.5) is 10.6 Å². The Morgan fingerprint density at radius 1 is 1.28 bits per heavy atom. The molecule has 2 N–H and O–H groups in total. The van der Waals surface area contributed by atoms with Gasteiger partial charge in [0.1, 0.15) is 17.7 Å². The number of carbonyl (C=O) groups excluding carboxylic acids is 1. The van der Waals surface area contributed by atoms with Crippen molar-refractivity contribution < 1.29 is 14.6 Å². The first-order chi connectivity index (χ1) is 13.8. The van der Waals surface area contributed by atoms with Crippen molar-refractivity contribution in [1.82, 2.24) is 14.9 Å². The third-order valence-electron chi connectivity index (χ3n) is 4.52. The molecule has 0 spiro atoms. The molecule has 7 heteroatoms. The zero-order valence-electron chi connectivity index (χ0n) is 17.1. The number of aliphatic hydroxyl groups excluding tert-OH is 1. The number of rotatable bonds is 5. The van der Waals surface area contributed by atoms with Gasteiger partial charge in [-0.1, -0.05) is 36.4 Å². The van der Waals surface area contributed by atoms with Crippen molar-refractivity contribution in [2.45, 2.75) is 38.9 Å². The summed E-state index contributed by atoms with van der Waals surface area (Å²) in [5, 5.41) is 13.5. The molecule has 1 aliphatic heterocycles. The molecule has 154 valence electrons. The third kappa shape index (κ3) is 6.02. The van der Waals surface area contributed by atoms with Crippen molar-refractivity contribution in [3.8, 4) is 0 Å². The van der Waals surface area contributed by atoms with Crippen LogP contribution in [0.15, 0.2) is 48.8 Å². The molecule has 1 atom stereocenters. The summed E-state index contributed by atoms with van der Waals surface area (Å²) in [6, 6.07) is 11.4. The molecule has 0 aliphatic carbocycles. The van der Waals surface area contributed by atoms with Gasteiger partial charge < -0.3 is 20.1 Å². The maximum absolute atomic E-state index is 12.2. The van der Waals surface area contributed by atoms with E-state index in [0.29, 0.717) is 31.9 Å². The number of carbonyl (C=O) groups is 1. The minimum Gasteiger partial charge on any atom is -0.444 e. The number of aliphatic hydroxyl groups is 1. The van der Waals surface area contributed by atoms with Gasteiger partial charge in [0.15, 0.2) is 0 Å². The Balaban J connectivity index is 1.59. The lowest BCUT2D eigenvalue weighted by atomic mass is 10.0. The molecule has 0 radical (unpaired) electrons. The van der Waals surface area contributed by atoms with E-state index in [2.05, 4.69) is 15.3 Å². The fourth-order valence-electron chi connectivity index (χ4n) is 3.02. The fraction of sp³-hybridized carbons (Fsp3) is 0.409. The first-order valence-electron chi connectivity index (χ1n) is 9.78. The van der Waals surface area contributed by atoms with Crippen molar-refractivity contribution in [2.24, 2.45) is 0 Å². The number of anilines is 1. The van der Waals surface area contributed by atoms with Crippen LogP contribution < -0.4 is 5.32 Å². The molecule has 1 aromatic heterocycles. The second-order valence-corrected chi connectivity index (χ2v) is 8.00. The Labute approximate surface area is 171 Å². The van der Waals surface area contributed by atoms with E-state index in [1.54, 1.807) is 4.90 Å². The molecule has 1 aliphatic rings. The summed E-state index contributed by atoms with van der Waals surface area (Å²) in [5.74, 6) is 0.653. The number of nitrogens with zero attached hydrogens (tertiary/aromatic N) is 3. The highest BCUT2D eigenvalue weighted by Gasteiger charge is 2.24. The van der Waals surface area contributed by atoms with E-state index in [9.17, 15) is 9.90 Å². The lowest BCUT2D eigenvalue weighted by molar-refractivity contribution is 0.0270. The van der Waals surface area contributed by atoms with Crippen molar-refractivity contribution in [2.75, 3.05) is 25.0 Å². The van der Waals surface area contributed by atoms with Crippen LogP contribution in [0.5, 0.6) is 0 Å². The molecule has 2 aromatic rings. The summed E-state index contributed by atoms with van der Waals surface area (Å²) in [7, 11) is 0. The van der Waals surface area contributed by atoms with E-state index in [-0.39, 0.29) is 6.09 Å². The van der Waals surface area contributed by atoms with Gasteiger partial charge in [-0.2, -0.15) is 0 Å². The first kappa shape index (κ1) is 20.8. The van der Waals surface area contributed by atoms with E-state index in [1.807, 2.05) is 63.2 Å². The summed E-state index contributed by atoms with van der Waals surface area (Å²) < 4.78 is 5.43. The molecule has 0 saturated heterocycles. The molecule has 1 amide bonds. The van der Waals surface area contributed by atoms with Crippen LogP contribution in [-0.2, 0) is 4.74 Å². The molecule has 1 aromatic carbocycles. The number of aromatic nitrogens is 2. The van der Waals surface area contributed by atoms with E-state index in [0.717, 1.165) is 16.8 Å². The third-order valence-corrected chi connectivity index (χ3v) is 4.52. The molecule has 29 heavy (non-hydrogen) atoms. The minimum atomic E-state index is -0.620. The van der Waals surface area contributed by atoms with Crippen LogP contribution >= 0.6 is 0 Å². The molecular formula is C22H28N4O3. The van der Waals surface area contributed by atoms with Gasteiger partial charge in [-0.15, -0.1) is 0 Å². The van der Waals surface area contributed by atoms with Crippen molar-refractivity contribution in [1.29, 1.82) is 0 Å². The number of hydrogen-bond donors (Lipinski definition) is 2. The number of amides is 1. The van der Waals surface area contributed by atoms with Gasteiger partial charge in [-0.05, 0) is 38.3 Å². The Hall–Kier alpha value is -2.93. The lowest BCUT2D eigenvalue weighted by Gasteiger charge is -2.29. The maximum atomic E-state index is 12.2. The second kappa shape index (κ2) is 9.05. The van der Waals surface area contributed by atoms with E-state index >= 15 is 0 Å². The minimum absolute atomic E-state index is 0.298. The number of nitrogens with one attached hydrogen (secondary N) is 1. The lowest BCUT2D eigenvalue weighted by Crippen LogP contribution is -2.39. The highest BCUT2D eigenvalue weighted by atomic mass is 16.6. The van der Waals surface area contributed by atoms with E-state index < -0.39 is 11.7 Å². The topological polar surface area (TPSA) is 87.6 Å². The Morgan fingerprint density at radius 3 is 2.69 bits per heavy atom. The maximum Gasteiger partial charge on any atom is 0.410 e. The molecule has 2 heterocycles. The summed E-state index contributed by atoms with van der Waals surface area (Å²) in [6.07, 6.45) is 3.28. The first-order valence-corrected chi connectivity index (χ1v) is 9.78. The molecule has 0 bridgehead atoms. The quantitative estimate of drug-likeness (QED) is 0.802. The van der Waals surface area contributed by atoms with Gasteiger partial charge >= 0.3 is 6.09 Å². The number of benzene rings is 1. The molecule has 3 rings (SSSR count). The van der Waals surface area contributed by atoms with Crippen molar-refractivity contribution in [3.05, 3.63) is 60.1 Å². The molecule has 0 saturated carbocycles. The summed E-state index contributed by atoms with van der Waals surface area (Å²) >= 11 is 0. The van der Waals surface area contributed by atoms with E-state index in [1.165, 1.54) is 6.33 Å². The van der Waals surface area contributed by atoms with Gasteiger partial charge in [0.2, 0.25) is 0 Å². The summed E-state index contributed by atoms with van der Waals surface area (Å²) in [5.41, 5.74) is 2.24. The van der Waals surface area contributed by atoms with Crippen LogP contribution in [0.1, 0.15) is 44.6 Å². The second-order valence-electron chi connectivity index (χ2n) is 8.00. The zero-order chi connectivity index (χ0) is 20.9. The van der Waals surface area contributed by atoms with Crippen molar-refractivity contribution >= 4 is 17.5 Å². The van der Waals surface area contributed by atoms with Crippen LogP contribution in [-0.4, -0.2) is 51.3 Å². The Bertz CT molecular complexity index is 862. The predicted molar refractivity (Wildman–Crippen MR) is 112 cm³/mol. The Kier molecular flexibility index (Phi) is 6.49. The molecule has 7 nitrogen and oxygen atoms in total. The summed E-state index contributed by atoms with van der Waals surface area (Å²) in [6.45, 7) is 7.01. The van der Waals surface area contributed by atoms with Gasteiger partial charge in [0, 0.05) is 25.7 Å². The predicted octanol–water partition coefficient (Wildman–Crippen LogP) is 3.65. The van der Waals surface area contributed by atoms with Gasteiger partial charge in [-0.25, -0.2) is 14.8 Å². The average molecular weight is 396 g/mol. The summed E-state index contributed by atoms with van der Waals surface area (Å²) in [4.78, 5) is 22.5. The van der Waals surface area contributed by atoms with Crippen LogP contribution in [0.25, 0.3) is 5.57 Å². The number of ether oxygens (including phenoxy) is 1. The highest BCUT2D eigenvalue weighted by molar-refractivity contribution is 5.72. The standard InChI is InChI=1S/C22H28N4O3/c1-22(2,3)29-21(28)26-11-9-16(10-12-26)18-13-20(25-15-24-18)23-14-19(27)17-7-5-4-6-8-17/h4-9,13,15,19,27H,10-12,14H2,1-3H3,(H,23,24,25)/t19-/m0/s1. The van der Waals surface area contributed by atoms with Crippen LogP contribution in [0.3, 0.4) is 0 Å². The van der Waals surface area contributed by atoms with Crippen LogP contribution in [0.2, 0.25) is 0 Å². The Morgan fingerprint density at radius 2 is 2.03 bits per heavy atom.